The molecule has 0 aliphatic rings. The number of carboxylic acid groups (broad SMARTS) is 1. The Hall–Kier alpha value is -2.57. The van der Waals surface area contributed by atoms with Gasteiger partial charge in [0, 0.05) is 13.5 Å². The van der Waals surface area contributed by atoms with Crippen molar-refractivity contribution in [2.75, 3.05) is 0 Å². The van der Waals surface area contributed by atoms with Gasteiger partial charge in [-0.1, -0.05) is 12.1 Å². The number of hydrogen-bond acceptors (Lipinski definition) is 4. The molecular formula is C16H21N3O4. The molecule has 0 bridgehead atoms. The van der Waals surface area contributed by atoms with Gasteiger partial charge >= 0.3 is 11.7 Å². The van der Waals surface area contributed by atoms with E-state index in [-0.39, 0.29) is 5.69 Å². The average molecular weight is 319 g/mol. The molecule has 2 N–H and O–H groups in total. The lowest BCUT2D eigenvalue weighted by molar-refractivity contribution is -0.152. The first-order valence-electron chi connectivity index (χ1n) is 7.41. The molecule has 0 aliphatic carbocycles. The van der Waals surface area contributed by atoms with Crippen LogP contribution in [0, 0.1) is 0 Å². The highest BCUT2D eigenvalue weighted by Gasteiger charge is 2.29. The summed E-state index contributed by atoms with van der Waals surface area (Å²) in [4.78, 5) is 22.3. The van der Waals surface area contributed by atoms with Gasteiger partial charge in [-0.3, -0.25) is 4.57 Å². The maximum absolute atomic E-state index is 11.3. The molecule has 2 rings (SSSR count). The van der Waals surface area contributed by atoms with Crippen molar-refractivity contribution in [3.63, 3.8) is 0 Å². The van der Waals surface area contributed by atoms with E-state index >= 15 is 0 Å². The summed E-state index contributed by atoms with van der Waals surface area (Å²) in [7, 11) is 1.69. The van der Waals surface area contributed by atoms with Gasteiger partial charge in [-0.15, -0.1) is 0 Å². The molecule has 0 spiro atoms. The molecule has 0 saturated carbocycles. The summed E-state index contributed by atoms with van der Waals surface area (Å²) in [5.74, 6) is 0.250. The first-order valence-corrected chi connectivity index (χ1v) is 7.41. The van der Waals surface area contributed by atoms with E-state index in [0.29, 0.717) is 12.2 Å². The van der Waals surface area contributed by atoms with Crippen LogP contribution in [0.25, 0.3) is 0 Å². The Morgan fingerprint density at radius 1 is 1.30 bits per heavy atom. The Morgan fingerprint density at radius 2 is 1.96 bits per heavy atom. The zero-order valence-corrected chi connectivity index (χ0v) is 13.5. The second kappa shape index (κ2) is 6.68. The van der Waals surface area contributed by atoms with Crippen LogP contribution in [0.3, 0.4) is 0 Å². The van der Waals surface area contributed by atoms with Gasteiger partial charge in [-0.05, 0) is 44.4 Å². The van der Waals surface area contributed by atoms with Gasteiger partial charge < -0.3 is 9.84 Å². The first kappa shape index (κ1) is 16.8. The number of hydrogen-bond donors (Lipinski definition) is 2. The van der Waals surface area contributed by atoms with E-state index in [1.165, 1.54) is 18.4 Å². The fraction of sp³-hybridized carbons (Fsp3) is 0.438. The Bertz CT molecular complexity index is 729. The van der Waals surface area contributed by atoms with Crippen molar-refractivity contribution >= 4 is 5.97 Å². The van der Waals surface area contributed by atoms with Gasteiger partial charge in [0.1, 0.15) is 11.6 Å². The molecule has 7 nitrogen and oxygen atoms in total. The highest BCUT2D eigenvalue weighted by molar-refractivity contribution is 5.76. The Labute approximate surface area is 133 Å². The number of aromatic amines is 1. The van der Waals surface area contributed by atoms with Gasteiger partial charge in [0.15, 0.2) is 5.60 Å². The van der Waals surface area contributed by atoms with Crippen LogP contribution in [0.5, 0.6) is 5.75 Å². The first-order chi connectivity index (χ1) is 10.8. The molecule has 124 valence electrons. The fourth-order valence-electron chi connectivity index (χ4n) is 2.12. The third-order valence-electron chi connectivity index (χ3n) is 3.65. The standard InChI is InChI=1S/C16H21N3O4/c1-16(2,14(20)21)23-12-9-7-11(8-10-12)5-4-6-13-17-18-15(22)19(13)3/h7-10H,4-6H2,1-3H3,(H,18,22)(H,20,21). The average Bonchev–Trinajstić information content (AvgIpc) is 2.80. The Kier molecular flexibility index (Phi) is 4.88. The summed E-state index contributed by atoms with van der Waals surface area (Å²) < 4.78 is 6.96. The number of aromatic nitrogens is 3. The highest BCUT2D eigenvalue weighted by atomic mass is 16.5. The van der Waals surface area contributed by atoms with Crippen molar-refractivity contribution < 1.29 is 14.6 Å². The van der Waals surface area contributed by atoms with Crippen LogP contribution in [0.1, 0.15) is 31.7 Å². The van der Waals surface area contributed by atoms with Gasteiger partial charge in [0.25, 0.3) is 0 Å². The lowest BCUT2D eigenvalue weighted by Gasteiger charge is -2.21. The summed E-state index contributed by atoms with van der Waals surface area (Å²) in [6.07, 6.45) is 2.40. The van der Waals surface area contributed by atoms with Crippen LogP contribution in [-0.2, 0) is 24.7 Å². The van der Waals surface area contributed by atoms with Gasteiger partial charge in [0.2, 0.25) is 0 Å². The molecule has 0 fully saturated rings. The fourth-order valence-corrected chi connectivity index (χ4v) is 2.12. The molecule has 7 heteroatoms. The Balaban J connectivity index is 1.89. The summed E-state index contributed by atoms with van der Waals surface area (Å²) in [5, 5.41) is 15.4. The summed E-state index contributed by atoms with van der Waals surface area (Å²) in [6.45, 7) is 3.02. The molecule has 2 aromatic rings. The minimum atomic E-state index is -1.26. The quantitative estimate of drug-likeness (QED) is 0.806. The summed E-state index contributed by atoms with van der Waals surface area (Å²) in [6, 6.07) is 7.36. The van der Waals surface area contributed by atoms with E-state index in [1.54, 1.807) is 19.2 Å². The van der Waals surface area contributed by atoms with E-state index in [1.807, 2.05) is 12.1 Å². The minimum absolute atomic E-state index is 0.206. The van der Waals surface area contributed by atoms with E-state index in [0.717, 1.165) is 24.2 Å². The zero-order chi connectivity index (χ0) is 17.0. The lowest BCUT2D eigenvalue weighted by atomic mass is 10.1. The molecule has 0 radical (unpaired) electrons. The minimum Gasteiger partial charge on any atom is -0.478 e. The maximum atomic E-state index is 11.3. The van der Waals surface area contributed by atoms with Crippen LogP contribution in [-0.4, -0.2) is 31.4 Å². The molecule has 1 aromatic heterocycles. The van der Waals surface area contributed by atoms with Crippen molar-refractivity contribution in [2.45, 2.75) is 38.7 Å². The van der Waals surface area contributed by atoms with E-state index < -0.39 is 11.6 Å². The molecule has 0 aliphatic heterocycles. The summed E-state index contributed by atoms with van der Waals surface area (Å²) in [5.41, 5.74) is -0.347. The van der Waals surface area contributed by atoms with Gasteiger partial charge in [-0.25, -0.2) is 14.7 Å². The Morgan fingerprint density at radius 3 is 2.48 bits per heavy atom. The number of aryl methyl sites for hydroxylation is 2. The second-order valence-electron chi connectivity index (χ2n) is 5.92. The van der Waals surface area contributed by atoms with Crippen molar-refractivity contribution in [2.24, 2.45) is 7.05 Å². The van der Waals surface area contributed by atoms with Crippen LogP contribution < -0.4 is 10.4 Å². The number of H-pyrrole nitrogens is 1. The molecule has 23 heavy (non-hydrogen) atoms. The van der Waals surface area contributed by atoms with Crippen molar-refractivity contribution in [1.29, 1.82) is 0 Å². The smallest absolute Gasteiger partial charge is 0.347 e. The highest BCUT2D eigenvalue weighted by Crippen LogP contribution is 2.20. The number of benzene rings is 1. The number of nitrogens with zero attached hydrogens (tertiary/aromatic N) is 2. The van der Waals surface area contributed by atoms with E-state index in [4.69, 9.17) is 9.84 Å². The summed E-state index contributed by atoms with van der Waals surface area (Å²) >= 11 is 0. The monoisotopic (exact) mass is 319 g/mol. The van der Waals surface area contributed by atoms with Crippen molar-refractivity contribution in [1.82, 2.24) is 14.8 Å². The number of rotatable bonds is 7. The molecular weight excluding hydrogens is 298 g/mol. The number of carbonyl (C=O) groups is 1. The zero-order valence-electron chi connectivity index (χ0n) is 13.5. The van der Waals surface area contributed by atoms with Crippen LogP contribution >= 0.6 is 0 Å². The molecule has 1 aromatic carbocycles. The molecule has 0 unspecified atom stereocenters. The molecule has 0 atom stereocenters. The number of aliphatic carboxylic acids is 1. The van der Waals surface area contributed by atoms with Gasteiger partial charge in [-0.2, -0.15) is 5.10 Å². The third-order valence-corrected chi connectivity index (χ3v) is 3.65. The van der Waals surface area contributed by atoms with Crippen LogP contribution in [0.15, 0.2) is 29.1 Å². The van der Waals surface area contributed by atoms with Gasteiger partial charge in [0.05, 0.1) is 0 Å². The number of carboxylic acids is 1. The van der Waals surface area contributed by atoms with Crippen molar-refractivity contribution in [3.8, 4) is 5.75 Å². The van der Waals surface area contributed by atoms with E-state index in [2.05, 4.69) is 10.2 Å². The predicted molar refractivity (Wildman–Crippen MR) is 84.6 cm³/mol. The topological polar surface area (TPSA) is 97.2 Å². The normalized spacial score (nSPS) is 11.4. The maximum Gasteiger partial charge on any atom is 0.347 e. The van der Waals surface area contributed by atoms with Crippen LogP contribution in [0.2, 0.25) is 0 Å². The largest absolute Gasteiger partial charge is 0.478 e. The predicted octanol–water partition coefficient (Wildman–Crippen LogP) is 1.53. The molecule has 0 saturated heterocycles. The number of ether oxygens (including phenoxy) is 1. The van der Waals surface area contributed by atoms with E-state index in [9.17, 15) is 9.59 Å². The third kappa shape index (κ3) is 4.21. The lowest BCUT2D eigenvalue weighted by Crippen LogP contribution is -2.37. The second-order valence-corrected chi connectivity index (χ2v) is 5.92. The van der Waals surface area contributed by atoms with Crippen molar-refractivity contribution in [3.05, 3.63) is 46.1 Å². The molecule has 0 amide bonds. The SMILES string of the molecule is Cn1c(CCCc2ccc(OC(C)(C)C(=O)O)cc2)n[nH]c1=O. The molecule has 1 heterocycles. The number of nitrogens with one attached hydrogen (secondary N) is 1. The van der Waals surface area contributed by atoms with Crippen LogP contribution in [0.4, 0.5) is 0 Å².